The Kier molecular flexibility index (Phi) is 8.09. The van der Waals surface area contributed by atoms with Crippen LogP contribution in [0.25, 0.3) is 0 Å². The van der Waals surface area contributed by atoms with Gasteiger partial charge in [-0.05, 0) is 69.7 Å². The zero-order valence-electron chi connectivity index (χ0n) is 21.8. The Morgan fingerprint density at radius 3 is 2.28 bits per heavy atom. The minimum atomic E-state index is -0.973. The summed E-state index contributed by atoms with van der Waals surface area (Å²) >= 11 is 0. The highest BCUT2D eigenvalue weighted by Crippen LogP contribution is 2.41. The number of anilines is 1. The van der Waals surface area contributed by atoms with E-state index in [1.807, 2.05) is 39.0 Å². The summed E-state index contributed by atoms with van der Waals surface area (Å²) < 4.78 is 5.27. The van der Waals surface area contributed by atoms with Gasteiger partial charge >= 0.3 is 6.09 Å². The van der Waals surface area contributed by atoms with Crippen LogP contribution in [0.4, 0.5) is 10.5 Å². The van der Waals surface area contributed by atoms with Crippen molar-refractivity contribution in [3.05, 3.63) is 64.7 Å². The first-order valence-electron chi connectivity index (χ1n) is 12.1. The molecule has 2 N–H and O–H groups in total. The summed E-state index contributed by atoms with van der Waals surface area (Å²) in [5, 5.41) is 5.58. The fourth-order valence-electron chi connectivity index (χ4n) is 4.25. The van der Waals surface area contributed by atoms with Crippen molar-refractivity contribution in [2.75, 3.05) is 11.9 Å². The number of rotatable bonds is 7. The molecule has 0 radical (unpaired) electrons. The van der Waals surface area contributed by atoms with E-state index in [9.17, 15) is 14.4 Å². The zero-order chi connectivity index (χ0) is 26.6. The number of alkyl carbamates (subject to hydrolysis) is 1. The van der Waals surface area contributed by atoms with Crippen molar-refractivity contribution in [2.45, 2.75) is 65.6 Å². The van der Waals surface area contributed by atoms with E-state index in [1.54, 1.807) is 49.9 Å². The van der Waals surface area contributed by atoms with Crippen molar-refractivity contribution in [3.63, 3.8) is 0 Å². The minimum Gasteiger partial charge on any atom is -0.444 e. The molecule has 0 aliphatic heterocycles. The zero-order valence-corrected chi connectivity index (χ0v) is 21.8. The SMILES string of the molecule is C#Cc1ccccc1C(C(=O)Nc1c(C)cccc1C)N(C(=O)CNC(=O)OC(C)(C)C)C1CC1C. The molecule has 7 nitrogen and oxygen atoms in total. The van der Waals surface area contributed by atoms with Crippen LogP contribution < -0.4 is 10.6 Å². The van der Waals surface area contributed by atoms with Crippen molar-refractivity contribution in [1.82, 2.24) is 10.2 Å². The van der Waals surface area contributed by atoms with Crippen molar-refractivity contribution in [3.8, 4) is 12.3 Å². The van der Waals surface area contributed by atoms with Gasteiger partial charge in [-0.15, -0.1) is 6.42 Å². The highest BCUT2D eigenvalue weighted by molar-refractivity contribution is 6.00. The first-order valence-corrected chi connectivity index (χ1v) is 12.1. The third kappa shape index (κ3) is 6.45. The molecule has 1 aliphatic carbocycles. The molecule has 36 heavy (non-hydrogen) atoms. The molecule has 2 aromatic rings. The van der Waals surface area contributed by atoms with Gasteiger partial charge in [-0.2, -0.15) is 0 Å². The number of nitrogens with zero attached hydrogens (tertiary/aromatic N) is 1. The second-order valence-electron chi connectivity index (χ2n) is 10.3. The third-order valence-electron chi connectivity index (χ3n) is 6.16. The van der Waals surface area contributed by atoms with Gasteiger partial charge in [0.2, 0.25) is 5.91 Å². The fraction of sp³-hybridized carbons (Fsp3) is 0.414. The van der Waals surface area contributed by atoms with Gasteiger partial charge < -0.3 is 20.3 Å². The second-order valence-corrected chi connectivity index (χ2v) is 10.3. The molecule has 1 fully saturated rings. The van der Waals surface area contributed by atoms with E-state index < -0.39 is 17.7 Å². The Bertz CT molecular complexity index is 1170. The monoisotopic (exact) mass is 489 g/mol. The van der Waals surface area contributed by atoms with Crippen LogP contribution in [-0.4, -0.2) is 41.0 Å². The number of ether oxygens (including phenoxy) is 1. The Morgan fingerprint density at radius 2 is 1.72 bits per heavy atom. The summed E-state index contributed by atoms with van der Waals surface area (Å²) in [6, 6.07) is 11.8. The van der Waals surface area contributed by atoms with Crippen LogP contribution in [0.1, 0.15) is 62.4 Å². The summed E-state index contributed by atoms with van der Waals surface area (Å²) in [4.78, 5) is 41.3. The molecule has 3 atom stereocenters. The first-order chi connectivity index (χ1) is 16.9. The van der Waals surface area contributed by atoms with E-state index in [0.29, 0.717) is 16.8 Å². The first kappa shape index (κ1) is 26.8. The molecule has 0 heterocycles. The lowest BCUT2D eigenvalue weighted by Crippen LogP contribution is -2.48. The van der Waals surface area contributed by atoms with E-state index >= 15 is 0 Å². The summed E-state index contributed by atoms with van der Waals surface area (Å²) in [6.45, 7) is 10.8. The lowest BCUT2D eigenvalue weighted by atomic mass is 9.97. The van der Waals surface area contributed by atoms with E-state index in [-0.39, 0.29) is 30.3 Å². The van der Waals surface area contributed by atoms with Crippen molar-refractivity contribution in [2.24, 2.45) is 5.92 Å². The quantitative estimate of drug-likeness (QED) is 0.551. The molecule has 3 amide bonds. The van der Waals surface area contributed by atoms with E-state index in [2.05, 4.69) is 16.6 Å². The number of nitrogens with one attached hydrogen (secondary N) is 2. The second kappa shape index (κ2) is 10.9. The van der Waals surface area contributed by atoms with E-state index in [0.717, 1.165) is 17.5 Å². The van der Waals surface area contributed by atoms with Crippen LogP contribution in [0.3, 0.4) is 0 Å². The smallest absolute Gasteiger partial charge is 0.408 e. The molecule has 7 heteroatoms. The topological polar surface area (TPSA) is 87.7 Å². The molecule has 1 aliphatic rings. The molecule has 2 aromatic carbocycles. The maximum absolute atomic E-state index is 13.9. The number of terminal acetylenes is 1. The third-order valence-corrected chi connectivity index (χ3v) is 6.16. The number of benzene rings is 2. The molecule has 0 saturated heterocycles. The highest BCUT2D eigenvalue weighted by atomic mass is 16.6. The predicted octanol–water partition coefficient (Wildman–Crippen LogP) is 4.73. The molecular weight excluding hydrogens is 454 g/mol. The average Bonchev–Trinajstić information content (AvgIpc) is 3.52. The molecule has 0 bridgehead atoms. The summed E-state index contributed by atoms with van der Waals surface area (Å²) in [7, 11) is 0. The molecule has 3 unspecified atom stereocenters. The van der Waals surface area contributed by atoms with Crippen LogP contribution in [-0.2, 0) is 14.3 Å². The predicted molar refractivity (Wildman–Crippen MR) is 140 cm³/mol. The Labute approximate surface area is 213 Å². The molecule has 3 rings (SSSR count). The largest absolute Gasteiger partial charge is 0.444 e. The number of hydrogen-bond acceptors (Lipinski definition) is 4. The fourth-order valence-corrected chi connectivity index (χ4v) is 4.25. The van der Waals surface area contributed by atoms with Crippen LogP contribution in [0.2, 0.25) is 0 Å². The minimum absolute atomic E-state index is 0.155. The van der Waals surface area contributed by atoms with E-state index in [4.69, 9.17) is 11.2 Å². The average molecular weight is 490 g/mol. The lowest BCUT2D eigenvalue weighted by molar-refractivity contribution is -0.139. The maximum atomic E-state index is 13.9. The number of aryl methyl sites for hydroxylation is 2. The Morgan fingerprint density at radius 1 is 1.11 bits per heavy atom. The van der Waals surface area contributed by atoms with Crippen LogP contribution >= 0.6 is 0 Å². The van der Waals surface area contributed by atoms with Crippen LogP contribution in [0.15, 0.2) is 42.5 Å². The number of hydrogen-bond donors (Lipinski definition) is 2. The number of amides is 3. The maximum Gasteiger partial charge on any atom is 0.408 e. The van der Waals surface area contributed by atoms with Crippen molar-refractivity contribution >= 4 is 23.6 Å². The lowest BCUT2D eigenvalue weighted by Gasteiger charge is -2.33. The number of carbonyl (C=O) groups is 3. The van der Waals surface area contributed by atoms with Crippen LogP contribution in [0.5, 0.6) is 0 Å². The van der Waals surface area contributed by atoms with Gasteiger partial charge in [-0.25, -0.2) is 4.79 Å². The number of para-hydroxylation sites is 1. The highest BCUT2D eigenvalue weighted by Gasteiger charge is 2.46. The molecule has 0 spiro atoms. The molecular formula is C29H35N3O4. The normalized spacial score (nSPS) is 17.4. The Hall–Kier alpha value is -3.79. The van der Waals surface area contributed by atoms with Gasteiger partial charge in [-0.1, -0.05) is 49.2 Å². The van der Waals surface area contributed by atoms with E-state index in [1.165, 1.54) is 0 Å². The van der Waals surface area contributed by atoms with Gasteiger partial charge in [0.1, 0.15) is 18.2 Å². The summed E-state index contributed by atoms with van der Waals surface area (Å²) in [5.41, 5.74) is 2.93. The van der Waals surface area contributed by atoms with Gasteiger partial charge in [0.15, 0.2) is 0 Å². The molecule has 190 valence electrons. The molecule has 1 saturated carbocycles. The van der Waals surface area contributed by atoms with Gasteiger partial charge in [0.25, 0.3) is 5.91 Å². The molecule has 0 aromatic heterocycles. The van der Waals surface area contributed by atoms with Gasteiger partial charge in [-0.3, -0.25) is 9.59 Å². The number of carbonyl (C=O) groups excluding carboxylic acids is 3. The Balaban J connectivity index is 1.98. The summed E-state index contributed by atoms with van der Waals surface area (Å²) in [6.07, 6.45) is 5.84. The van der Waals surface area contributed by atoms with Crippen LogP contribution in [0, 0.1) is 32.1 Å². The summed E-state index contributed by atoms with van der Waals surface area (Å²) in [5.74, 6) is 2.12. The van der Waals surface area contributed by atoms with Crippen molar-refractivity contribution in [1.29, 1.82) is 0 Å². The van der Waals surface area contributed by atoms with Gasteiger partial charge in [0.05, 0.1) is 0 Å². The van der Waals surface area contributed by atoms with Crippen molar-refractivity contribution < 1.29 is 19.1 Å². The standard InChI is InChI=1S/C29H35N3O4/c1-8-21-14-9-10-15-22(21)26(27(34)31-25-18(2)12-11-13-19(25)3)32(23-16-20(23)4)24(33)17-30-28(35)36-29(5,6)7/h1,9-15,20,23,26H,16-17H2,2-7H3,(H,30,35)(H,31,34). The van der Waals surface area contributed by atoms with Gasteiger partial charge in [0, 0.05) is 17.3 Å².